The highest BCUT2D eigenvalue weighted by Gasteiger charge is 2.26. The van der Waals surface area contributed by atoms with Crippen molar-refractivity contribution in [2.75, 3.05) is 43.9 Å². The molecule has 0 bridgehead atoms. The van der Waals surface area contributed by atoms with Crippen LogP contribution in [0.2, 0.25) is 0 Å². The van der Waals surface area contributed by atoms with Crippen LogP contribution in [-0.4, -0.2) is 68.4 Å². The third-order valence-electron chi connectivity index (χ3n) is 7.12. The van der Waals surface area contributed by atoms with Crippen molar-refractivity contribution in [3.8, 4) is 17.0 Å². The van der Waals surface area contributed by atoms with Crippen LogP contribution in [0.25, 0.3) is 11.3 Å². The van der Waals surface area contributed by atoms with Crippen molar-refractivity contribution in [1.82, 2.24) is 19.6 Å². The van der Waals surface area contributed by atoms with E-state index in [1.165, 1.54) is 17.2 Å². The standard InChI is InChI=1S/C28H33F2N5O3S/c1-18(2)35-10-11-38-28-23(29)14-22(15-25(28)35)27-24(30)16-31-26(33-27)13-19-4-5-21-17-34(8-6-20(21)12-19)9-7-32-39(3,36)37/h4-5,12,14-16,18,32H,6-11,13,17H2,1-3H3. The maximum Gasteiger partial charge on any atom is 0.208 e. The summed E-state index contributed by atoms with van der Waals surface area (Å²) >= 11 is 0. The number of nitrogens with zero attached hydrogens (tertiary/aromatic N) is 4. The van der Waals surface area contributed by atoms with Gasteiger partial charge in [-0.1, -0.05) is 18.2 Å². The molecular formula is C28H33F2N5O3S. The number of aromatic nitrogens is 2. The van der Waals surface area contributed by atoms with Crippen LogP contribution in [0.1, 0.15) is 36.4 Å². The summed E-state index contributed by atoms with van der Waals surface area (Å²) in [7, 11) is -3.20. The Morgan fingerprint density at radius 2 is 1.92 bits per heavy atom. The zero-order chi connectivity index (χ0) is 27.7. The summed E-state index contributed by atoms with van der Waals surface area (Å²) in [6.45, 7) is 7.67. The fourth-order valence-electron chi connectivity index (χ4n) is 5.20. The topological polar surface area (TPSA) is 87.7 Å². The van der Waals surface area contributed by atoms with E-state index < -0.39 is 21.7 Å². The Hall–Kier alpha value is -3.15. The molecule has 5 rings (SSSR count). The number of rotatable bonds is 8. The third-order valence-corrected chi connectivity index (χ3v) is 7.85. The fraction of sp³-hybridized carbons (Fsp3) is 0.429. The van der Waals surface area contributed by atoms with Crippen LogP contribution >= 0.6 is 0 Å². The molecule has 208 valence electrons. The van der Waals surface area contributed by atoms with Gasteiger partial charge in [0.1, 0.15) is 18.1 Å². The molecule has 0 radical (unpaired) electrons. The Morgan fingerprint density at radius 1 is 1.10 bits per heavy atom. The summed E-state index contributed by atoms with van der Waals surface area (Å²) in [4.78, 5) is 13.0. The molecule has 11 heteroatoms. The van der Waals surface area contributed by atoms with E-state index in [1.807, 2.05) is 24.8 Å². The van der Waals surface area contributed by atoms with Gasteiger partial charge in [0.2, 0.25) is 10.0 Å². The highest BCUT2D eigenvalue weighted by molar-refractivity contribution is 7.88. The lowest BCUT2D eigenvalue weighted by Gasteiger charge is -2.34. The van der Waals surface area contributed by atoms with Gasteiger partial charge in [-0.25, -0.2) is 31.9 Å². The molecule has 0 fully saturated rings. The molecule has 2 aliphatic heterocycles. The second kappa shape index (κ2) is 11.1. The number of hydrogen-bond acceptors (Lipinski definition) is 7. The van der Waals surface area contributed by atoms with Gasteiger partial charge >= 0.3 is 0 Å². The van der Waals surface area contributed by atoms with Crippen LogP contribution in [0.3, 0.4) is 0 Å². The molecule has 0 unspecified atom stereocenters. The summed E-state index contributed by atoms with van der Waals surface area (Å²) < 4.78 is 60.6. The third kappa shape index (κ3) is 6.37. The quantitative estimate of drug-likeness (QED) is 0.454. The van der Waals surface area contributed by atoms with E-state index in [4.69, 9.17) is 4.74 Å². The summed E-state index contributed by atoms with van der Waals surface area (Å²) in [6, 6.07) is 9.36. The zero-order valence-corrected chi connectivity index (χ0v) is 23.2. The minimum atomic E-state index is -3.20. The average Bonchev–Trinajstić information content (AvgIpc) is 2.88. The van der Waals surface area contributed by atoms with Crippen LogP contribution in [0.15, 0.2) is 36.5 Å². The molecule has 1 N–H and O–H groups in total. The van der Waals surface area contributed by atoms with E-state index in [0.29, 0.717) is 49.7 Å². The van der Waals surface area contributed by atoms with E-state index in [9.17, 15) is 17.2 Å². The second-order valence-electron chi connectivity index (χ2n) is 10.4. The van der Waals surface area contributed by atoms with Crippen LogP contribution in [0, 0.1) is 11.6 Å². The number of ether oxygens (including phenoxy) is 1. The molecule has 1 aromatic heterocycles. The van der Waals surface area contributed by atoms with Crippen molar-refractivity contribution in [3.63, 3.8) is 0 Å². The molecule has 0 atom stereocenters. The highest BCUT2D eigenvalue weighted by Crippen LogP contribution is 2.39. The summed E-state index contributed by atoms with van der Waals surface area (Å²) in [5, 5.41) is 0. The molecule has 0 saturated heterocycles. The van der Waals surface area contributed by atoms with Gasteiger partial charge in [0.05, 0.1) is 24.7 Å². The monoisotopic (exact) mass is 557 g/mol. The molecule has 3 aromatic rings. The van der Waals surface area contributed by atoms with Gasteiger partial charge < -0.3 is 9.64 Å². The second-order valence-corrected chi connectivity index (χ2v) is 12.2. The molecule has 3 heterocycles. The van der Waals surface area contributed by atoms with Gasteiger partial charge in [-0.05, 0) is 49.1 Å². The Balaban J connectivity index is 1.33. The predicted molar refractivity (Wildman–Crippen MR) is 146 cm³/mol. The van der Waals surface area contributed by atoms with Crippen molar-refractivity contribution < 1.29 is 21.9 Å². The molecule has 0 amide bonds. The smallest absolute Gasteiger partial charge is 0.208 e. The molecule has 2 aliphatic rings. The molecule has 2 aromatic carbocycles. The van der Waals surface area contributed by atoms with E-state index in [-0.39, 0.29) is 17.5 Å². The Morgan fingerprint density at radius 3 is 2.69 bits per heavy atom. The lowest BCUT2D eigenvalue weighted by Crippen LogP contribution is -2.38. The SMILES string of the molecule is CC(C)N1CCOc2c(F)cc(-c3nc(Cc4ccc5c(c4)CCN(CCNS(C)(=O)=O)C5)ncc3F)cc21. The van der Waals surface area contributed by atoms with Gasteiger partial charge in [0, 0.05) is 44.2 Å². The van der Waals surface area contributed by atoms with Crippen LogP contribution in [-0.2, 0) is 29.4 Å². The van der Waals surface area contributed by atoms with E-state index >= 15 is 0 Å². The largest absolute Gasteiger partial charge is 0.486 e. The van der Waals surface area contributed by atoms with Gasteiger partial charge in [-0.3, -0.25) is 4.90 Å². The minimum absolute atomic E-state index is 0.0623. The lowest BCUT2D eigenvalue weighted by molar-refractivity contribution is 0.258. The van der Waals surface area contributed by atoms with Crippen molar-refractivity contribution in [1.29, 1.82) is 0 Å². The molecule has 0 aliphatic carbocycles. The highest BCUT2D eigenvalue weighted by atomic mass is 32.2. The van der Waals surface area contributed by atoms with Crippen LogP contribution < -0.4 is 14.4 Å². The molecular weight excluding hydrogens is 524 g/mol. The Bertz CT molecular complexity index is 1480. The first kappa shape index (κ1) is 27.4. The fourth-order valence-corrected chi connectivity index (χ4v) is 5.67. The molecule has 0 saturated carbocycles. The van der Waals surface area contributed by atoms with E-state index in [1.54, 1.807) is 6.07 Å². The Kier molecular flexibility index (Phi) is 7.84. The number of hydrogen-bond donors (Lipinski definition) is 1. The first-order valence-corrected chi connectivity index (χ1v) is 15.0. The van der Waals surface area contributed by atoms with Gasteiger partial charge in [-0.15, -0.1) is 0 Å². The van der Waals surface area contributed by atoms with Gasteiger partial charge in [0.25, 0.3) is 0 Å². The number of benzene rings is 2. The van der Waals surface area contributed by atoms with Crippen molar-refractivity contribution in [2.24, 2.45) is 0 Å². The molecule has 39 heavy (non-hydrogen) atoms. The first-order valence-electron chi connectivity index (χ1n) is 13.1. The number of anilines is 1. The van der Waals surface area contributed by atoms with Crippen molar-refractivity contribution in [3.05, 3.63) is 70.7 Å². The zero-order valence-electron chi connectivity index (χ0n) is 22.4. The Labute approximate surface area is 228 Å². The number of sulfonamides is 1. The normalized spacial score (nSPS) is 15.7. The maximum atomic E-state index is 15.0. The molecule has 8 nitrogen and oxygen atoms in total. The van der Waals surface area contributed by atoms with Crippen molar-refractivity contribution in [2.45, 2.75) is 39.3 Å². The summed E-state index contributed by atoms with van der Waals surface area (Å²) in [6.07, 6.45) is 3.57. The number of halogens is 2. The predicted octanol–water partition coefficient (Wildman–Crippen LogP) is 3.53. The molecule has 0 spiro atoms. The van der Waals surface area contributed by atoms with Gasteiger partial charge in [-0.2, -0.15) is 0 Å². The average molecular weight is 558 g/mol. The number of nitrogens with one attached hydrogen (secondary N) is 1. The van der Waals surface area contributed by atoms with Crippen molar-refractivity contribution >= 4 is 15.7 Å². The van der Waals surface area contributed by atoms with Crippen LogP contribution in [0.5, 0.6) is 5.75 Å². The van der Waals surface area contributed by atoms with E-state index in [0.717, 1.165) is 37.5 Å². The minimum Gasteiger partial charge on any atom is -0.486 e. The first-order chi connectivity index (χ1) is 18.6. The van der Waals surface area contributed by atoms with E-state index in [2.05, 4.69) is 31.7 Å². The van der Waals surface area contributed by atoms with Gasteiger partial charge in [0.15, 0.2) is 17.4 Å². The van der Waals surface area contributed by atoms with Crippen LogP contribution in [0.4, 0.5) is 14.5 Å². The summed E-state index contributed by atoms with van der Waals surface area (Å²) in [5.41, 5.74) is 4.45. The number of fused-ring (bicyclic) bond motifs is 2. The lowest BCUT2D eigenvalue weighted by atomic mass is 9.96. The summed E-state index contributed by atoms with van der Waals surface area (Å²) in [5.74, 6) is -0.511. The maximum absolute atomic E-state index is 15.0.